The molecule has 3 aromatic rings. The van der Waals surface area contributed by atoms with Gasteiger partial charge in [0.1, 0.15) is 11.9 Å². The highest BCUT2D eigenvalue weighted by atomic mass is 35.5. The Morgan fingerprint density at radius 1 is 1.14 bits per heavy atom. The van der Waals surface area contributed by atoms with Crippen LogP contribution in [0, 0.1) is 0 Å². The van der Waals surface area contributed by atoms with Crippen molar-refractivity contribution < 1.29 is 9.53 Å². The number of pyridine rings is 1. The standard InChI is InChI=1S/C21H17Cl2N3O2/c1-28-15-7-4-13(5-8-15)12-26-20(19-16(21(26)27)3-2-10-24-19)25-18-9-6-14(22)11-17(18)23/h2-11,20,25H,12H2,1H3/t20-/m1/s1. The first-order chi connectivity index (χ1) is 13.6. The molecule has 1 aliphatic heterocycles. The number of nitrogens with zero attached hydrogens (tertiary/aromatic N) is 2. The highest BCUT2D eigenvalue weighted by molar-refractivity contribution is 6.36. The summed E-state index contributed by atoms with van der Waals surface area (Å²) in [6, 6.07) is 16.4. The van der Waals surface area contributed by atoms with Crippen LogP contribution in [0.1, 0.15) is 27.8 Å². The fraction of sp³-hybridized carbons (Fsp3) is 0.143. The Bertz CT molecular complexity index is 1020. The predicted molar refractivity (Wildman–Crippen MR) is 110 cm³/mol. The van der Waals surface area contributed by atoms with E-state index in [1.807, 2.05) is 24.3 Å². The van der Waals surface area contributed by atoms with Gasteiger partial charge in [0.15, 0.2) is 0 Å². The summed E-state index contributed by atoms with van der Waals surface area (Å²) in [5.41, 5.74) is 2.92. The average molecular weight is 414 g/mol. The molecule has 1 atom stereocenters. The molecule has 0 aliphatic carbocycles. The third kappa shape index (κ3) is 3.51. The van der Waals surface area contributed by atoms with Crippen LogP contribution in [0.15, 0.2) is 60.8 Å². The van der Waals surface area contributed by atoms with Crippen molar-refractivity contribution in [3.05, 3.63) is 87.7 Å². The molecule has 1 N–H and O–H groups in total. The molecule has 0 fully saturated rings. The van der Waals surface area contributed by atoms with Crippen LogP contribution in [0.25, 0.3) is 0 Å². The van der Waals surface area contributed by atoms with Crippen molar-refractivity contribution in [2.75, 3.05) is 12.4 Å². The van der Waals surface area contributed by atoms with Gasteiger partial charge in [0.05, 0.1) is 29.1 Å². The molecule has 7 heteroatoms. The van der Waals surface area contributed by atoms with Crippen molar-refractivity contribution in [2.45, 2.75) is 12.7 Å². The number of hydrogen-bond donors (Lipinski definition) is 1. The van der Waals surface area contributed by atoms with Crippen LogP contribution >= 0.6 is 23.2 Å². The molecular formula is C21H17Cl2N3O2. The minimum Gasteiger partial charge on any atom is -0.497 e. The molecule has 0 radical (unpaired) electrons. The normalized spacial score (nSPS) is 15.5. The van der Waals surface area contributed by atoms with E-state index in [9.17, 15) is 4.79 Å². The molecule has 4 rings (SSSR count). The molecule has 142 valence electrons. The fourth-order valence-corrected chi connectivity index (χ4v) is 3.69. The number of nitrogens with one attached hydrogen (secondary N) is 1. The topological polar surface area (TPSA) is 54.5 Å². The fourth-order valence-electron chi connectivity index (χ4n) is 3.23. The zero-order valence-corrected chi connectivity index (χ0v) is 16.5. The Labute approximate surface area is 172 Å². The molecule has 1 aromatic heterocycles. The van der Waals surface area contributed by atoms with Gasteiger partial charge in [0.25, 0.3) is 5.91 Å². The van der Waals surface area contributed by atoms with E-state index in [4.69, 9.17) is 27.9 Å². The van der Waals surface area contributed by atoms with E-state index in [1.165, 1.54) is 0 Å². The monoisotopic (exact) mass is 413 g/mol. The van der Waals surface area contributed by atoms with Crippen LogP contribution in [-0.4, -0.2) is 22.9 Å². The minimum atomic E-state index is -0.440. The van der Waals surface area contributed by atoms with E-state index in [-0.39, 0.29) is 5.91 Å². The van der Waals surface area contributed by atoms with Crippen molar-refractivity contribution in [3.63, 3.8) is 0 Å². The van der Waals surface area contributed by atoms with Crippen LogP contribution in [0.2, 0.25) is 10.0 Å². The summed E-state index contributed by atoms with van der Waals surface area (Å²) in [5.74, 6) is 0.686. The number of benzene rings is 2. The molecule has 1 amide bonds. The smallest absolute Gasteiger partial charge is 0.258 e. The Morgan fingerprint density at radius 3 is 2.64 bits per heavy atom. The van der Waals surface area contributed by atoms with Gasteiger partial charge in [0, 0.05) is 17.8 Å². The summed E-state index contributed by atoms with van der Waals surface area (Å²) in [5, 5.41) is 4.37. The number of halogens is 2. The minimum absolute atomic E-state index is 0.0819. The number of anilines is 1. The molecule has 2 aromatic carbocycles. The number of carbonyl (C=O) groups is 1. The van der Waals surface area contributed by atoms with Gasteiger partial charge in [-0.1, -0.05) is 35.3 Å². The number of methoxy groups -OCH3 is 1. The highest BCUT2D eigenvalue weighted by Gasteiger charge is 2.38. The molecule has 2 heterocycles. The Morgan fingerprint density at radius 2 is 1.93 bits per heavy atom. The van der Waals surface area contributed by atoms with E-state index >= 15 is 0 Å². The second-order valence-electron chi connectivity index (χ2n) is 6.39. The average Bonchev–Trinajstić information content (AvgIpc) is 2.96. The first-order valence-electron chi connectivity index (χ1n) is 8.67. The Hall–Kier alpha value is -2.76. The molecule has 0 saturated carbocycles. The molecule has 0 bridgehead atoms. The number of carbonyl (C=O) groups excluding carboxylic acids is 1. The second-order valence-corrected chi connectivity index (χ2v) is 7.23. The first-order valence-corrected chi connectivity index (χ1v) is 9.43. The number of fused-ring (bicyclic) bond motifs is 1. The van der Waals surface area contributed by atoms with E-state index in [2.05, 4.69) is 10.3 Å². The van der Waals surface area contributed by atoms with E-state index < -0.39 is 6.17 Å². The van der Waals surface area contributed by atoms with E-state index in [0.717, 1.165) is 11.3 Å². The van der Waals surface area contributed by atoms with Crippen molar-refractivity contribution >= 4 is 34.8 Å². The SMILES string of the molecule is COc1ccc(CN2C(=O)c3cccnc3[C@@H]2Nc2ccc(Cl)cc2Cl)cc1. The third-order valence-corrected chi connectivity index (χ3v) is 5.18. The van der Waals surface area contributed by atoms with Crippen molar-refractivity contribution in [1.82, 2.24) is 9.88 Å². The Kier molecular flexibility index (Phi) is 5.11. The number of ether oxygens (including phenoxy) is 1. The maximum absolute atomic E-state index is 13.0. The first kappa shape index (κ1) is 18.6. The van der Waals surface area contributed by atoms with Crippen molar-refractivity contribution in [1.29, 1.82) is 0 Å². The van der Waals surface area contributed by atoms with Crippen LogP contribution < -0.4 is 10.1 Å². The summed E-state index contributed by atoms with van der Waals surface area (Å²) in [4.78, 5) is 19.2. The molecule has 1 aliphatic rings. The summed E-state index contributed by atoms with van der Waals surface area (Å²) >= 11 is 12.3. The molecule has 0 spiro atoms. The summed E-state index contributed by atoms with van der Waals surface area (Å²) in [7, 11) is 1.62. The lowest BCUT2D eigenvalue weighted by atomic mass is 10.2. The van der Waals surface area contributed by atoms with Gasteiger partial charge in [-0.3, -0.25) is 9.78 Å². The quantitative estimate of drug-likeness (QED) is 0.627. The molecule has 0 unspecified atom stereocenters. The van der Waals surface area contributed by atoms with E-state index in [1.54, 1.807) is 48.5 Å². The lowest BCUT2D eigenvalue weighted by molar-refractivity contribution is 0.0728. The molecule has 0 saturated heterocycles. The zero-order valence-electron chi connectivity index (χ0n) is 15.0. The van der Waals surface area contributed by atoms with Crippen LogP contribution in [-0.2, 0) is 6.54 Å². The summed E-state index contributed by atoms with van der Waals surface area (Å²) < 4.78 is 5.21. The number of amides is 1. The van der Waals surface area contributed by atoms with Crippen molar-refractivity contribution in [2.24, 2.45) is 0 Å². The highest BCUT2D eigenvalue weighted by Crippen LogP contribution is 2.36. The molecular weight excluding hydrogens is 397 g/mol. The number of aromatic nitrogens is 1. The predicted octanol–water partition coefficient (Wildman–Crippen LogP) is 5.16. The number of hydrogen-bond acceptors (Lipinski definition) is 4. The third-order valence-electron chi connectivity index (χ3n) is 4.64. The van der Waals surface area contributed by atoms with Crippen molar-refractivity contribution in [3.8, 4) is 5.75 Å². The van der Waals surface area contributed by atoms with Gasteiger partial charge < -0.3 is 15.0 Å². The largest absolute Gasteiger partial charge is 0.497 e. The van der Waals surface area contributed by atoms with Crippen LogP contribution in [0.4, 0.5) is 5.69 Å². The van der Waals surface area contributed by atoms with Crippen LogP contribution in [0.5, 0.6) is 5.75 Å². The summed E-state index contributed by atoms with van der Waals surface area (Å²) in [6.45, 7) is 0.419. The van der Waals surface area contributed by atoms with Gasteiger partial charge in [-0.2, -0.15) is 0 Å². The second kappa shape index (κ2) is 7.70. The van der Waals surface area contributed by atoms with Crippen LogP contribution in [0.3, 0.4) is 0 Å². The lowest BCUT2D eigenvalue weighted by Crippen LogP contribution is -2.32. The van der Waals surface area contributed by atoms with Gasteiger partial charge in [-0.25, -0.2) is 0 Å². The van der Waals surface area contributed by atoms with E-state index in [0.29, 0.717) is 33.5 Å². The lowest BCUT2D eigenvalue weighted by Gasteiger charge is -2.27. The summed E-state index contributed by atoms with van der Waals surface area (Å²) in [6.07, 6.45) is 1.24. The van der Waals surface area contributed by atoms with Gasteiger partial charge in [-0.05, 0) is 48.0 Å². The van der Waals surface area contributed by atoms with Gasteiger partial charge in [0.2, 0.25) is 0 Å². The Balaban J connectivity index is 1.67. The molecule has 28 heavy (non-hydrogen) atoms. The molecule has 5 nitrogen and oxygen atoms in total. The zero-order chi connectivity index (χ0) is 19.7. The van der Waals surface area contributed by atoms with Gasteiger partial charge >= 0.3 is 0 Å². The van der Waals surface area contributed by atoms with Gasteiger partial charge in [-0.15, -0.1) is 0 Å². The maximum atomic E-state index is 13.0. The number of rotatable bonds is 5. The maximum Gasteiger partial charge on any atom is 0.258 e.